The van der Waals surface area contributed by atoms with Gasteiger partial charge < -0.3 is 10.1 Å². The second kappa shape index (κ2) is 7.80. The molecule has 0 aliphatic heterocycles. The first-order chi connectivity index (χ1) is 9.40. The molecule has 0 aliphatic carbocycles. The van der Waals surface area contributed by atoms with E-state index >= 15 is 0 Å². The molecule has 0 heterocycles. The van der Waals surface area contributed by atoms with Gasteiger partial charge in [0, 0.05) is 6.61 Å². The highest BCUT2D eigenvalue weighted by Crippen LogP contribution is 2.25. The van der Waals surface area contributed by atoms with Gasteiger partial charge in [0.2, 0.25) is 0 Å². The predicted molar refractivity (Wildman–Crippen MR) is 87.3 cm³/mol. The summed E-state index contributed by atoms with van der Waals surface area (Å²) in [6, 6.07) is 9.24. The third kappa shape index (κ3) is 4.92. The molecule has 0 saturated carbocycles. The van der Waals surface area contributed by atoms with Crippen molar-refractivity contribution in [3.63, 3.8) is 0 Å². The van der Waals surface area contributed by atoms with Crippen molar-refractivity contribution in [2.75, 3.05) is 13.2 Å². The zero-order valence-corrected chi connectivity index (χ0v) is 14.0. The molecule has 1 N–H and O–H groups in total. The van der Waals surface area contributed by atoms with E-state index in [1.807, 2.05) is 0 Å². The maximum Gasteiger partial charge on any atom is 0.0741 e. The van der Waals surface area contributed by atoms with E-state index < -0.39 is 0 Å². The van der Waals surface area contributed by atoms with Crippen LogP contribution < -0.4 is 5.32 Å². The minimum absolute atomic E-state index is 0.187. The van der Waals surface area contributed by atoms with E-state index in [0.717, 1.165) is 19.6 Å². The second-order valence-electron chi connectivity index (χ2n) is 6.46. The van der Waals surface area contributed by atoms with Crippen LogP contribution in [0.3, 0.4) is 0 Å². The minimum Gasteiger partial charge on any atom is -0.377 e. The summed E-state index contributed by atoms with van der Waals surface area (Å²) >= 11 is 0. The van der Waals surface area contributed by atoms with Crippen LogP contribution in [0.4, 0.5) is 0 Å². The molecule has 0 spiro atoms. The summed E-state index contributed by atoms with van der Waals surface area (Å²) in [5.74, 6) is 0. The summed E-state index contributed by atoms with van der Waals surface area (Å²) in [5.41, 5.74) is 2.89. The number of ether oxygens (including phenoxy) is 1. The third-order valence-electron chi connectivity index (χ3n) is 3.65. The Morgan fingerprint density at radius 2 is 1.70 bits per heavy atom. The normalized spacial score (nSPS) is 15.1. The molecule has 1 aromatic rings. The highest BCUT2D eigenvalue weighted by molar-refractivity contribution is 5.29. The highest BCUT2D eigenvalue weighted by atomic mass is 16.5. The molecule has 2 heteroatoms. The molecule has 0 aliphatic rings. The van der Waals surface area contributed by atoms with Gasteiger partial charge in [-0.05, 0) is 43.4 Å². The molecule has 2 unspecified atom stereocenters. The summed E-state index contributed by atoms with van der Waals surface area (Å²) in [5, 5.41) is 3.60. The fraction of sp³-hybridized carbons (Fsp3) is 0.667. The van der Waals surface area contributed by atoms with E-state index in [4.69, 9.17) is 4.74 Å². The Labute approximate surface area is 124 Å². The molecule has 1 aromatic carbocycles. The van der Waals surface area contributed by atoms with E-state index in [2.05, 4.69) is 71.1 Å². The lowest BCUT2D eigenvalue weighted by molar-refractivity contribution is 0.0472. The van der Waals surface area contributed by atoms with Gasteiger partial charge in [0.15, 0.2) is 0 Å². The van der Waals surface area contributed by atoms with Crippen molar-refractivity contribution >= 4 is 0 Å². The molecular formula is C18H31NO. The van der Waals surface area contributed by atoms with Crippen LogP contribution in [0.5, 0.6) is 0 Å². The maximum absolute atomic E-state index is 5.79. The molecule has 1 rings (SSSR count). The summed E-state index contributed by atoms with van der Waals surface area (Å²) in [4.78, 5) is 0. The van der Waals surface area contributed by atoms with Gasteiger partial charge in [0.1, 0.15) is 0 Å². The van der Waals surface area contributed by atoms with Gasteiger partial charge in [-0.1, -0.05) is 52.0 Å². The Bertz CT molecular complexity index is 377. The van der Waals surface area contributed by atoms with Gasteiger partial charge in [-0.15, -0.1) is 0 Å². The molecule has 0 radical (unpaired) electrons. The number of rotatable bonds is 7. The largest absolute Gasteiger partial charge is 0.377 e. The molecule has 114 valence electrons. The zero-order valence-electron chi connectivity index (χ0n) is 14.0. The van der Waals surface area contributed by atoms with Crippen molar-refractivity contribution < 1.29 is 4.74 Å². The number of nitrogens with one attached hydrogen (secondary N) is 1. The standard InChI is InChI=1S/C18H31NO/c1-7-13-19-17(14(3)20-8-2)15-9-11-16(12-10-15)18(4,5)6/h9-12,14,17,19H,7-8,13H2,1-6H3. The van der Waals surface area contributed by atoms with E-state index in [9.17, 15) is 0 Å². The second-order valence-corrected chi connectivity index (χ2v) is 6.46. The average Bonchev–Trinajstić information content (AvgIpc) is 2.39. The summed E-state index contributed by atoms with van der Waals surface area (Å²) in [6.45, 7) is 14.9. The third-order valence-corrected chi connectivity index (χ3v) is 3.65. The van der Waals surface area contributed by atoms with Crippen LogP contribution in [0.1, 0.15) is 65.1 Å². The molecule has 0 saturated heterocycles. The fourth-order valence-electron chi connectivity index (χ4n) is 2.40. The van der Waals surface area contributed by atoms with Crippen LogP contribution in [0.2, 0.25) is 0 Å². The van der Waals surface area contributed by atoms with E-state index in [1.54, 1.807) is 0 Å². The summed E-state index contributed by atoms with van der Waals surface area (Å²) in [7, 11) is 0. The van der Waals surface area contributed by atoms with Crippen molar-refractivity contribution in [2.24, 2.45) is 0 Å². The van der Waals surface area contributed by atoms with Crippen molar-refractivity contribution in [2.45, 2.75) is 65.5 Å². The summed E-state index contributed by atoms with van der Waals surface area (Å²) < 4.78 is 5.79. The van der Waals surface area contributed by atoms with Gasteiger partial charge in [0.05, 0.1) is 12.1 Å². The Kier molecular flexibility index (Phi) is 6.70. The van der Waals surface area contributed by atoms with Crippen LogP contribution in [0.15, 0.2) is 24.3 Å². The average molecular weight is 277 g/mol. The van der Waals surface area contributed by atoms with E-state index in [1.165, 1.54) is 11.1 Å². The van der Waals surface area contributed by atoms with E-state index in [0.29, 0.717) is 0 Å². The highest BCUT2D eigenvalue weighted by Gasteiger charge is 2.20. The topological polar surface area (TPSA) is 21.3 Å². The van der Waals surface area contributed by atoms with Crippen molar-refractivity contribution in [1.29, 1.82) is 0 Å². The van der Waals surface area contributed by atoms with Crippen LogP contribution in [0.25, 0.3) is 0 Å². The molecule has 2 nitrogen and oxygen atoms in total. The van der Waals surface area contributed by atoms with Crippen molar-refractivity contribution in [1.82, 2.24) is 5.32 Å². The quantitative estimate of drug-likeness (QED) is 0.795. The number of hydrogen-bond donors (Lipinski definition) is 1. The van der Waals surface area contributed by atoms with Crippen LogP contribution in [-0.4, -0.2) is 19.3 Å². The van der Waals surface area contributed by atoms with Gasteiger partial charge in [-0.3, -0.25) is 0 Å². The predicted octanol–water partition coefficient (Wildman–Crippen LogP) is 4.45. The van der Waals surface area contributed by atoms with Gasteiger partial charge >= 0.3 is 0 Å². The fourth-order valence-corrected chi connectivity index (χ4v) is 2.40. The maximum atomic E-state index is 5.79. The SMILES string of the molecule is CCCNC(c1ccc(C(C)(C)C)cc1)C(C)OCC. The smallest absolute Gasteiger partial charge is 0.0741 e. The van der Waals surface area contributed by atoms with Gasteiger partial charge in [-0.25, -0.2) is 0 Å². The lowest BCUT2D eigenvalue weighted by Crippen LogP contribution is -2.32. The van der Waals surface area contributed by atoms with Crippen LogP contribution in [0, 0.1) is 0 Å². The van der Waals surface area contributed by atoms with Gasteiger partial charge in [-0.2, -0.15) is 0 Å². The van der Waals surface area contributed by atoms with Crippen molar-refractivity contribution in [3.05, 3.63) is 35.4 Å². The number of benzene rings is 1. The van der Waals surface area contributed by atoms with E-state index in [-0.39, 0.29) is 17.6 Å². The summed E-state index contributed by atoms with van der Waals surface area (Å²) in [6.07, 6.45) is 1.32. The first-order valence-corrected chi connectivity index (χ1v) is 7.85. The van der Waals surface area contributed by atoms with Gasteiger partial charge in [0.25, 0.3) is 0 Å². The number of hydrogen-bond acceptors (Lipinski definition) is 2. The molecule has 0 bridgehead atoms. The Hall–Kier alpha value is -0.860. The zero-order chi connectivity index (χ0) is 15.2. The molecule has 0 fully saturated rings. The molecule has 20 heavy (non-hydrogen) atoms. The first kappa shape index (κ1) is 17.2. The first-order valence-electron chi connectivity index (χ1n) is 7.85. The molecule has 0 amide bonds. The Morgan fingerprint density at radius 3 is 2.15 bits per heavy atom. The van der Waals surface area contributed by atoms with Crippen molar-refractivity contribution in [3.8, 4) is 0 Å². The van der Waals surface area contributed by atoms with Crippen LogP contribution in [-0.2, 0) is 10.2 Å². The lowest BCUT2D eigenvalue weighted by Gasteiger charge is -2.27. The minimum atomic E-state index is 0.187. The Balaban J connectivity index is 2.90. The molecule has 0 aromatic heterocycles. The molecule has 2 atom stereocenters. The Morgan fingerprint density at radius 1 is 1.10 bits per heavy atom. The molecular weight excluding hydrogens is 246 g/mol. The van der Waals surface area contributed by atoms with Crippen LogP contribution >= 0.6 is 0 Å². The lowest BCUT2D eigenvalue weighted by atomic mass is 9.86. The monoisotopic (exact) mass is 277 g/mol.